The molecule has 4 N–H and O–H groups in total. The average molecular weight is 591 g/mol. The van der Waals surface area contributed by atoms with E-state index in [4.69, 9.17) is 15.1 Å². The zero-order valence-corrected chi connectivity index (χ0v) is 17.3. The molecule has 0 saturated carbocycles. The SMILES string of the molecule is O=C(NOC[C@H](O)CO)c1ccc(F)c(F)c1Nc1ncc(I)cc1I. The zero-order chi connectivity index (χ0) is 19.3. The van der Waals surface area contributed by atoms with Crippen molar-refractivity contribution in [3.8, 4) is 0 Å². The maximum atomic E-state index is 14.3. The van der Waals surface area contributed by atoms with Crippen LogP contribution in [0.25, 0.3) is 0 Å². The summed E-state index contributed by atoms with van der Waals surface area (Å²) in [7, 11) is 0. The number of benzene rings is 1. The maximum Gasteiger partial charge on any atom is 0.277 e. The van der Waals surface area contributed by atoms with Crippen LogP contribution in [-0.2, 0) is 4.84 Å². The molecule has 0 aliphatic carbocycles. The normalized spacial score (nSPS) is 11.9. The predicted molar refractivity (Wildman–Crippen MR) is 106 cm³/mol. The molecule has 1 aromatic heterocycles. The molecule has 1 amide bonds. The fourth-order valence-electron chi connectivity index (χ4n) is 1.80. The van der Waals surface area contributed by atoms with Gasteiger partial charge in [0.2, 0.25) is 0 Å². The molecule has 140 valence electrons. The summed E-state index contributed by atoms with van der Waals surface area (Å²) < 4.78 is 29.4. The first-order valence-corrected chi connectivity index (χ1v) is 9.26. The third-order valence-electron chi connectivity index (χ3n) is 3.04. The molecule has 2 aromatic rings. The van der Waals surface area contributed by atoms with E-state index < -0.39 is 35.9 Å². The molecule has 7 nitrogen and oxygen atoms in total. The van der Waals surface area contributed by atoms with Crippen LogP contribution in [0.1, 0.15) is 10.4 Å². The van der Waals surface area contributed by atoms with Crippen molar-refractivity contribution >= 4 is 62.6 Å². The maximum absolute atomic E-state index is 14.3. The van der Waals surface area contributed by atoms with Gasteiger partial charge in [0.25, 0.3) is 5.91 Å². The summed E-state index contributed by atoms with van der Waals surface area (Å²) in [5.74, 6) is -3.00. The second-order valence-electron chi connectivity index (χ2n) is 4.97. The Labute approximate surface area is 174 Å². The van der Waals surface area contributed by atoms with Crippen molar-refractivity contribution in [1.29, 1.82) is 0 Å². The minimum atomic E-state index is -1.25. The van der Waals surface area contributed by atoms with E-state index in [0.717, 1.165) is 15.7 Å². The van der Waals surface area contributed by atoms with Gasteiger partial charge in [0.15, 0.2) is 11.6 Å². The van der Waals surface area contributed by atoms with E-state index >= 15 is 0 Å². The van der Waals surface area contributed by atoms with E-state index in [1.807, 2.05) is 28.1 Å². The molecule has 2 rings (SSSR count). The molecule has 0 saturated heterocycles. The minimum absolute atomic E-state index is 0.224. The molecule has 0 unspecified atom stereocenters. The summed E-state index contributed by atoms with van der Waals surface area (Å²) in [6.45, 7) is -0.921. The second kappa shape index (κ2) is 9.68. The quantitative estimate of drug-likeness (QED) is 0.292. The molecular formula is C15H13F2I2N3O4. The zero-order valence-electron chi connectivity index (χ0n) is 13.0. The highest BCUT2D eigenvalue weighted by Gasteiger charge is 2.20. The molecule has 0 fully saturated rings. The third kappa shape index (κ3) is 5.42. The van der Waals surface area contributed by atoms with Gasteiger partial charge in [-0.25, -0.2) is 19.2 Å². The Kier molecular flexibility index (Phi) is 7.87. The van der Waals surface area contributed by atoms with Gasteiger partial charge in [-0.3, -0.25) is 9.63 Å². The Hall–Kier alpha value is -1.16. The molecule has 0 aliphatic rings. The number of aliphatic hydroxyl groups excluding tert-OH is 2. The Morgan fingerprint density at radius 2 is 2.08 bits per heavy atom. The highest BCUT2D eigenvalue weighted by molar-refractivity contribution is 14.1. The number of carbonyl (C=O) groups is 1. The van der Waals surface area contributed by atoms with Crippen molar-refractivity contribution in [1.82, 2.24) is 10.5 Å². The van der Waals surface area contributed by atoms with Gasteiger partial charge in [0.05, 0.1) is 21.4 Å². The number of nitrogens with one attached hydrogen (secondary N) is 2. The molecule has 0 bridgehead atoms. The van der Waals surface area contributed by atoms with Crippen LogP contribution >= 0.6 is 45.2 Å². The van der Waals surface area contributed by atoms with Gasteiger partial charge in [0.1, 0.15) is 18.5 Å². The van der Waals surface area contributed by atoms with Crippen molar-refractivity contribution in [3.05, 3.63) is 48.7 Å². The smallest absolute Gasteiger partial charge is 0.277 e. The molecule has 1 heterocycles. The topological polar surface area (TPSA) is 104 Å². The first kappa shape index (κ1) is 21.1. The molecule has 0 spiro atoms. The van der Waals surface area contributed by atoms with Gasteiger partial charge in [-0.1, -0.05) is 0 Å². The summed E-state index contributed by atoms with van der Waals surface area (Å²) in [6, 6.07) is 3.67. The lowest BCUT2D eigenvalue weighted by molar-refractivity contribution is -0.0295. The molecule has 0 radical (unpaired) electrons. The number of pyridine rings is 1. The Bertz CT molecular complexity index is 811. The number of halogens is 4. The highest BCUT2D eigenvalue weighted by Crippen LogP contribution is 2.28. The number of hydroxylamine groups is 1. The number of nitrogens with zero attached hydrogens (tertiary/aromatic N) is 1. The van der Waals surface area contributed by atoms with Gasteiger partial charge in [-0.2, -0.15) is 0 Å². The van der Waals surface area contributed by atoms with E-state index in [9.17, 15) is 13.6 Å². The minimum Gasteiger partial charge on any atom is -0.394 e. The van der Waals surface area contributed by atoms with Gasteiger partial charge in [-0.15, -0.1) is 0 Å². The lowest BCUT2D eigenvalue weighted by atomic mass is 10.1. The third-order valence-corrected chi connectivity index (χ3v) is 4.45. The first-order chi connectivity index (χ1) is 12.3. The fourth-order valence-corrected chi connectivity index (χ4v) is 3.45. The number of hydrogen-bond donors (Lipinski definition) is 4. The molecule has 26 heavy (non-hydrogen) atoms. The second-order valence-corrected chi connectivity index (χ2v) is 7.38. The number of amides is 1. The van der Waals surface area contributed by atoms with Crippen molar-refractivity contribution in [2.75, 3.05) is 18.5 Å². The van der Waals surface area contributed by atoms with Crippen LogP contribution in [0.4, 0.5) is 20.3 Å². The van der Waals surface area contributed by atoms with Crippen LogP contribution in [0.3, 0.4) is 0 Å². The van der Waals surface area contributed by atoms with Crippen molar-refractivity contribution in [3.63, 3.8) is 0 Å². The van der Waals surface area contributed by atoms with Gasteiger partial charge in [-0.05, 0) is 63.4 Å². The van der Waals surface area contributed by atoms with E-state index in [0.29, 0.717) is 3.57 Å². The number of carbonyl (C=O) groups excluding carboxylic acids is 1. The Morgan fingerprint density at radius 1 is 1.35 bits per heavy atom. The van der Waals surface area contributed by atoms with Gasteiger partial charge < -0.3 is 15.5 Å². The molecule has 1 atom stereocenters. The van der Waals surface area contributed by atoms with Gasteiger partial charge in [0, 0.05) is 9.77 Å². The monoisotopic (exact) mass is 591 g/mol. The first-order valence-electron chi connectivity index (χ1n) is 7.10. The lowest BCUT2D eigenvalue weighted by Gasteiger charge is -2.14. The van der Waals surface area contributed by atoms with Crippen molar-refractivity contribution < 1.29 is 28.6 Å². The summed E-state index contributed by atoms with van der Waals surface area (Å²) in [4.78, 5) is 21.0. The number of aromatic nitrogens is 1. The highest BCUT2D eigenvalue weighted by atomic mass is 127. The molecule has 11 heteroatoms. The van der Waals surface area contributed by atoms with E-state index in [2.05, 4.69) is 32.9 Å². The summed E-state index contributed by atoms with van der Waals surface area (Å²) in [6.07, 6.45) is 0.344. The molecule has 1 aromatic carbocycles. The molecule has 0 aliphatic heterocycles. The van der Waals surface area contributed by atoms with E-state index in [1.165, 1.54) is 6.20 Å². The van der Waals surface area contributed by atoms with Gasteiger partial charge >= 0.3 is 0 Å². The number of aliphatic hydroxyl groups is 2. The van der Waals surface area contributed by atoms with Crippen molar-refractivity contribution in [2.45, 2.75) is 6.10 Å². The van der Waals surface area contributed by atoms with E-state index in [-0.39, 0.29) is 18.0 Å². The van der Waals surface area contributed by atoms with Crippen LogP contribution in [0, 0.1) is 18.8 Å². The van der Waals surface area contributed by atoms with E-state index in [1.54, 1.807) is 6.07 Å². The van der Waals surface area contributed by atoms with Crippen LogP contribution in [0.15, 0.2) is 24.4 Å². The van der Waals surface area contributed by atoms with Crippen LogP contribution in [-0.4, -0.2) is 40.4 Å². The van der Waals surface area contributed by atoms with Crippen LogP contribution in [0.5, 0.6) is 0 Å². The van der Waals surface area contributed by atoms with Crippen LogP contribution < -0.4 is 10.8 Å². The number of rotatable bonds is 7. The summed E-state index contributed by atoms with van der Waals surface area (Å²) in [5.41, 5.74) is 1.37. The molecular weight excluding hydrogens is 578 g/mol. The lowest BCUT2D eigenvalue weighted by Crippen LogP contribution is -2.30. The Morgan fingerprint density at radius 3 is 2.73 bits per heavy atom. The number of anilines is 2. The predicted octanol–water partition coefficient (Wildman–Crippen LogP) is 2.33. The number of hydrogen-bond acceptors (Lipinski definition) is 6. The van der Waals surface area contributed by atoms with Crippen LogP contribution in [0.2, 0.25) is 0 Å². The fraction of sp³-hybridized carbons (Fsp3) is 0.200. The standard InChI is InChI=1S/C15H13F2I2N3O4/c16-10-2-1-9(15(25)22-26-6-8(24)5-23)13(12(10)17)21-14-11(19)3-7(18)4-20-14/h1-4,8,23-24H,5-6H2,(H,20,21)(H,22,25)/t8-/m1/s1. The Balaban J connectivity index is 2.27. The summed E-state index contributed by atoms with van der Waals surface area (Å²) in [5, 5.41) is 20.5. The largest absolute Gasteiger partial charge is 0.394 e. The summed E-state index contributed by atoms with van der Waals surface area (Å²) >= 11 is 4.03. The average Bonchev–Trinajstić information content (AvgIpc) is 2.60. The van der Waals surface area contributed by atoms with Crippen molar-refractivity contribution in [2.24, 2.45) is 0 Å².